The number of hydrogen-bond donors (Lipinski definition) is 0. The topological polar surface area (TPSA) is 53.1 Å². The molecule has 6 nitrogen and oxygen atoms in total. The minimum absolute atomic E-state index is 0.174. The molecular weight excluding hydrogens is 354 g/mol. The number of carbonyl (C=O) groups excluding carboxylic acids is 2. The number of benzene rings is 1. The fourth-order valence-corrected chi connectivity index (χ4v) is 3.67. The molecule has 1 aromatic rings. The third-order valence-electron chi connectivity index (χ3n) is 5.32. The Morgan fingerprint density at radius 3 is 2.11 bits per heavy atom. The quantitative estimate of drug-likeness (QED) is 0.675. The lowest BCUT2D eigenvalue weighted by Crippen LogP contribution is -2.47. The van der Waals surface area contributed by atoms with Crippen molar-refractivity contribution in [3.8, 4) is 5.75 Å². The third-order valence-corrected chi connectivity index (χ3v) is 5.32. The Morgan fingerprint density at radius 2 is 1.57 bits per heavy atom. The lowest BCUT2D eigenvalue weighted by Gasteiger charge is -2.35. The number of amides is 2. The zero-order valence-electron chi connectivity index (χ0n) is 17.4. The molecule has 2 aliphatic heterocycles. The van der Waals surface area contributed by atoms with Gasteiger partial charge in [-0.1, -0.05) is 32.9 Å². The van der Waals surface area contributed by atoms with Gasteiger partial charge in [-0.3, -0.25) is 14.5 Å². The number of carbonyl (C=O) groups is 2. The first-order chi connectivity index (χ1) is 13.5. The van der Waals surface area contributed by atoms with E-state index in [9.17, 15) is 9.59 Å². The number of hydrogen-bond acceptors (Lipinski definition) is 5. The first-order valence-electron chi connectivity index (χ1n) is 10.3. The molecule has 0 aromatic heterocycles. The Hall–Kier alpha value is -2.34. The number of likely N-dealkylation sites (N-methyl/N-ethyl adjacent to an activating group) is 2. The second kappa shape index (κ2) is 8.78. The van der Waals surface area contributed by atoms with Gasteiger partial charge in [-0.2, -0.15) is 0 Å². The molecule has 1 fully saturated rings. The SMILES string of the molecule is CCN1CCN(C2=C(c3ccc(OCC(C)C)cc3)C(=O)N(CC)C2=O)CC1. The third kappa shape index (κ3) is 4.07. The van der Waals surface area contributed by atoms with E-state index in [0.717, 1.165) is 44.0 Å². The summed E-state index contributed by atoms with van der Waals surface area (Å²) in [5.74, 6) is 0.854. The smallest absolute Gasteiger partial charge is 0.277 e. The first-order valence-corrected chi connectivity index (χ1v) is 10.3. The van der Waals surface area contributed by atoms with E-state index in [4.69, 9.17) is 4.74 Å². The Kier molecular flexibility index (Phi) is 6.39. The molecule has 2 amide bonds. The van der Waals surface area contributed by atoms with Crippen molar-refractivity contribution >= 4 is 17.4 Å². The molecule has 0 radical (unpaired) electrons. The number of ether oxygens (including phenoxy) is 1. The van der Waals surface area contributed by atoms with E-state index in [1.54, 1.807) is 0 Å². The number of piperazine rings is 1. The summed E-state index contributed by atoms with van der Waals surface area (Å²) in [4.78, 5) is 31.8. The Balaban J connectivity index is 1.90. The van der Waals surface area contributed by atoms with E-state index in [1.807, 2.05) is 31.2 Å². The van der Waals surface area contributed by atoms with Crippen molar-refractivity contribution in [1.82, 2.24) is 14.7 Å². The molecule has 152 valence electrons. The van der Waals surface area contributed by atoms with Crippen LogP contribution in [0.1, 0.15) is 33.3 Å². The average Bonchev–Trinajstić information content (AvgIpc) is 2.96. The van der Waals surface area contributed by atoms with Crippen molar-refractivity contribution in [3.05, 3.63) is 35.5 Å². The molecule has 1 aromatic carbocycles. The predicted molar refractivity (Wildman–Crippen MR) is 110 cm³/mol. The van der Waals surface area contributed by atoms with Gasteiger partial charge in [0.05, 0.1) is 12.2 Å². The van der Waals surface area contributed by atoms with Crippen LogP contribution in [0.15, 0.2) is 30.0 Å². The van der Waals surface area contributed by atoms with E-state index in [-0.39, 0.29) is 11.8 Å². The summed E-state index contributed by atoms with van der Waals surface area (Å²) in [6, 6.07) is 7.53. The minimum Gasteiger partial charge on any atom is -0.493 e. The normalized spacial score (nSPS) is 18.6. The van der Waals surface area contributed by atoms with Crippen LogP contribution in [0.3, 0.4) is 0 Å². The second-order valence-electron chi connectivity index (χ2n) is 7.73. The van der Waals surface area contributed by atoms with Gasteiger partial charge in [0.1, 0.15) is 11.4 Å². The lowest BCUT2D eigenvalue weighted by atomic mass is 10.0. The summed E-state index contributed by atoms with van der Waals surface area (Å²) in [7, 11) is 0. The van der Waals surface area contributed by atoms with Gasteiger partial charge in [0.2, 0.25) is 0 Å². The van der Waals surface area contributed by atoms with Crippen LogP contribution in [0.4, 0.5) is 0 Å². The van der Waals surface area contributed by atoms with Crippen molar-refractivity contribution in [1.29, 1.82) is 0 Å². The summed E-state index contributed by atoms with van der Waals surface area (Å²) in [6.45, 7) is 13.6. The van der Waals surface area contributed by atoms with E-state index in [0.29, 0.717) is 30.3 Å². The zero-order chi connectivity index (χ0) is 20.3. The molecular formula is C22H31N3O3. The first kappa shape index (κ1) is 20.4. The number of imide groups is 1. The van der Waals surface area contributed by atoms with Crippen LogP contribution in [-0.2, 0) is 9.59 Å². The van der Waals surface area contributed by atoms with Crippen LogP contribution in [0.2, 0.25) is 0 Å². The Bertz CT molecular complexity index is 747. The van der Waals surface area contributed by atoms with Crippen LogP contribution in [-0.4, -0.2) is 72.4 Å². The highest BCUT2D eigenvalue weighted by atomic mass is 16.5. The predicted octanol–water partition coefficient (Wildman–Crippen LogP) is 2.46. The highest BCUT2D eigenvalue weighted by Crippen LogP contribution is 2.32. The van der Waals surface area contributed by atoms with Crippen molar-refractivity contribution in [2.24, 2.45) is 5.92 Å². The summed E-state index contributed by atoms with van der Waals surface area (Å²) < 4.78 is 5.75. The van der Waals surface area contributed by atoms with E-state index in [2.05, 4.69) is 30.6 Å². The largest absolute Gasteiger partial charge is 0.493 e. The van der Waals surface area contributed by atoms with Crippen molar-refractivity contribution in [2.45, 2.75) is 27.7 Å². The van der Waals surface area contributed by atoms with Crippen LogP contribution >= 0.6 is 0 Å². The van der Waals surface area contributed by atoms with Gasteiger partial charge < -0.3 is 14.5 Å². The molecule has 0 aliphatic carbocycles. The van der Waals surface area contributed by atoms with Crippen LogP contribution in [0.25, 0.3) is 5.57 Å². The van der Waals surface area contributed by atoms with Crippen molar-refractivity contribution in [3.63, 3.8) is 0 Å². The molecule has 28 heavy (non-hydrogen) atoms. The molecule has 6 heteroatoms. The van der Waals surface area contributed by atoms with Gasteiger partial charge in [0.15, 0.2) is 0 Å². The van der Waals surface area contributed by atoms with E-state index < -0.39 is 0 Å². The maximum absolute atomic E-state index is 13.0. The highest BCUT2D eigenvalue weighted by Gasteiger charge is 2.41. The molecule has 1 saturated heterocycles. The summed E-state index contributed by atoms with van der Waals surface area (Å²) in [6.07, 6.45) is 0. The fraction of sp³-hybridized carbons (Fsp3) is 0.545. The Labute approximate surface area is 167 Å². The summed E-state index contributed by atoms with van der Waals surface area (Å²) in [5, 5.41) is 0. The molecule has 0 atom stereocenters. The standard InChI is InChI=1S/C22H31N3O3/c1-5-23-11-13-24(14-12-23)20-19(21(26)25(6-2)22(20)27)17-7-9-18(10-8-17)28-15-16(3)4/h7-10,16H,5-6,11-15H2,1-4H3. The fourth-order valence-electron chi connectivity index (χ4n) is 3.67. The van der Waals surface area contributed by atoms with Gasteiger partial charge in [0.25, 0.3) is 11.8 Å². The zero-order valence-corrected chi connectivity index (χ0v) is 17.4. The van der Waals surface area contributed by atoms with Crippen molar-refractivity contribution in [2.75, 3.05) is 45.9 Å². The number of rotatable bonds is 7. The second-order valence-corrected chi connectivity index (χ2v) is 7.73. The van der Waals surface area contributed by atoms with Crippen molar-refractivity contribution < 1.29 is 14.3 Å². The minimum atomic E-state index is -0.198. The molecule has 0 bridgehead atoms. The molecule has 0 N–H and O–H groups in total. The lowest BCUT2D eigenvalue weighted by molar-refractivity contribution is -0.137. The molecule has 0 unspecified atom stereocenters. The van der Waals surface area contributed by atoms with Crippen LogP contribution in [0, 0.1) is 5.92 Å². The number of nitrogens with zero attached hydrogens (tertiary/aromatic N) is 3. The van der Waals surface area contributed by atoms with Gasteiger partial charge >= 0.3 is 0 Å². The molecule has 3 rings (SSSR count). The maximum atomic E-state index is 13.0. The molecule has 0 spiro atoms. The summed E-state index contributed by atoms with van der Waals surface area (Å²) >= 11 is 0. The van der Waals surface area contributed by atoms with Crippen LogP contribution in [0.5, 0.6) is 5.75 Å². The maximum Gasteiger partial charge on any atom is 0.277 e. The molecule has 2 heterocycles. The average molecular weight is 386 g/mol. The Morgan fingerprint density at radius 1 is 0.929 bits per heavy atom. The van der Waals surface area contributed by atoms with Gasteiger partial charge in [-0.25, -0.2) is 0 Å². The van der Waals surface area contributed by atoms with Gasteiger partial charge in [-0.15, -0.1) is 0 Å². The van der Waals surface area contributed by atoms with Gasteiger partial charge in [-0.05, 0) is 37.1 Å². The summed E-state index contributed by atoms with van der Waals surface area (Å²) in [5.41, 5.74) is 1.85. The van der Waals surface area contributed by atoms with Gasteiger partial charge in [0, 0.05) is 32.7 Å². The van der Waals surface area contributed by atoms with E-state index in [1.165, 1.54) is 4.90 Å². The highest BCUT2D eigenvalue weighted by molar-refractivity contribution is 6.35. The molecule has 2 aliphatic rings. The molecule has 0 saturated carbocycles. The van der Waals surface area contributed by atoms with E-state index >= 15 is 0 Å². The van der Waals surface area contributed by atoms with Crippen LogP contribution < -0.4 is 4.74 Å². The monoisotopic (exact) mass is 385 g/mol.